The van der Waals surface area contributed by atoms with Crippen molar-refractivity contribution in [2.45, 2.75) is 13.0 Å². The lowest BCUT2D eigenvalue weighted by Gasteiger charge is -2.20. The lowest BCUT2D eigenvalue weighted by molar-refractivity contribution is -0.154. The summed E-state index contributed by atoms with van der Waals surface area (Å²) in [5.74, 6) is -0.170. The normalized spacial score (nSPS) is 12.8. The summed E-state index contributed by atoms with van der Waals surface area (Å²) >= 11 is 1.39. The van der Waals surface area contributed by atoms with Gasteiger partial charge in [-0.05, 0) is 25.1 Å². The van der Waals surface area contributed by atoms with Crippen LogP contribution in [0.3, 0.4) is 0 Å². The van der Waals surface area contributed by atoms with Crippen molar-refractivity contribution in [3.05, 3.63) is 18.2 Å². The number of anilines is 2. The van der Waals surface area contributed by atoms with Crippen LogP contribution in [-0.2, 0) is 9.63 Å². The van der Waals surface area contributed by atoms with Crippen molar-refractivity contribution in [2.75, 3.05) is 25.2 Å². The molecule has 1 heterocycles. The number of hydrogen-bond donors (Lipinski definition) is 2. The number of carbonyl (C=O) groups is 1. The molecule has 0 aliphatic heterocycles. The topological polar surface area (TPSA) is 80.5 Å². The summed E-state index contributed by atoms with van der Waals surface area (Å²) in [6.45, 7) is 1.75. The summed E-state index contributed by atoms with van der Waals surface area (Å²) in [4.78, 5) is 21.3. The van der Waals surface area contributed by atoms with Gasteiger partial charge in [-0.1, -0.05) is 11.3 Å². The van der Waals surface area contributed by atoms with Crippen molar-refractivity contribution < 1.29 is 9.63 Å². The molecule has 0 saturated carbocycles. The van der Waals surface area contributed by atoms with E-state index in [4.69, 9.17) is 10.6 Å². The predicted octanol–water partition coefficient (Wildman–Crippen LogP) is 1.70. The first kappa shape index (κ1) is 13.7. The van der Waals surface area contributed by atoms with Crippen molar-refractivity contribution in [1.29, 1.82) is 0 Å². The molecule has 0 aliphatic carbocycles. The van der Waals surface area contributed by atoms with Gasteiger partial charge in [0.25, 0.3) is 0 Å². The highest BCUT2D eigenvalue weighted by Gasteiger charge is 2.19. The number of thiazole rings is 1. The van der Waals surface area contributed by atoms with Crippen molar-refractivity contribution in [1.82, 2.24) is 10.0 Å². The maximum Gasteiger partial charge on any atom is 0.245 e. The van der Waals surface area contributed by atoms with Crippen LogP contribution >= 0.6 is 11.3 Å². The third-order valence-electron chi connectivity index (χ3n) is 2.86. The van der Waals surface area contributed by atoms with E-state index in [2.05, 4.69) is 10.3 Å². The van der Waals surface area contributed by atoms with Crippen LogP contribution in [0.5, 0.6) is 0 Å². The van der Waals surface area contributed by atoms with E-state index in [1.807, 2.05) is 12.1 Å². The zero-order valence-corrected chi connectivity index (χ0v) is 11.8. The Morgan fingerprint density at radius 1 is 1.58 bits per heavy atom. The highest BCUT2D eigenvalue weighted by molar-refractivity contribution is 7.22. The minimum absolute atomic E-state index is 0.170. The molecule has 2 rings (SSSR count). The second kappa shape index (κ2) is 5.52. The minimum Gasteiger partial charge on any atom is -0.399 e. The molecular weight excluding hydrogens is 264 g/mol. The number of aromatic nitrogens is 1. The van der Waals surface area contributed by atoms with Gasteiger partial charge >= 0.3 is 0 Å². The summed E-state index contributed by atoms with van der Waals surface area (Å²) < 4.78 is 0.947. The Balaban J connectivity index is 2.15. The van der Waals surface area contributed by atoms with E-state index >= 15 is 0 Å². The maximum atomic E-state index is 12.0. The van der Waals surface area contributed by atoms with E-state index in [0.29, 0.717) is 10.8 Å². The molecule has 0 spiro atoms. The van der Waals surface area contributed by atoms with Crippen LogP contribution < -0.4 is 11.1 Å². The first-order valence-electron chi connectivity index (χ1n) is 5.75. The summed E-state index contributed by atoms with van der Waals surface area (Å²) in [6, 6.07) is 5.06. The SMILES string of the molecule is CON(C)C(C)C(=O)Nc1nc2ccc(N)cc2s1. The van der Waals surface area contributed by atoms with Gasteiger partial charge in [0, 0.05) is 12.7 Å². The standard InChI is InChI=1S/C12H16N4O2S/c1-7(16(2)18-3)11(17)15-12-14-9-5-4-8(13)6-10(9)19-12/h4-7H,13H2,1-3H3,(H,14,15,17). The van der Waals surface area contributed by atoms with Gasteiger partial charge in [0.1, 0.15) is 6.04 Å². The number of hydroxylamine groups is 2. The third kappa shape index (κ3) is 3.01. The first-order chi connectivity index (χ1) is 9.01. The molecule has 2 aromatic rings. The minimum atomic E-state index is -0.401. The number of nitrogens with zero attached hydrogens (tertiary/aromatic N) is 2. The molecule has 0 saturated heterocycles. The molecule has 1 aromatic carbocycles. The van der Waals surface area contributed by atoms with Gasteiger partial charge in [0.2, 0.25) is 5.91 Å². The molecule has 7 heteroatoms. The van der Waals surface area contributed by atoms with Crippen molar-refractivity contribution in [3.8, 4) is 0 Å². The molecule has 1 unspecified atom stereocenters. The largest absolute Gasteiger partial charge is 0.399 e. The Labute approximate surface area is 115 Å². The fourth-order valence-electron chi connectivity index (χ4n) is 1.53. The molecule has 102 valence electrons. The Morgan fingerprint density at radius 2 is 2.32 bits per heavy atom. The van der Waals surface area contributed by atoms with E-state index in [9.17, 15) is 4.79 Å². The quantitative estimate of drug-likeness (QED) is 0.658. The predicted molar refractivity (Wildman–Crippen MR) is 76.9 cm³/mol. The Hall–Kier alpha value is -1.70. The molecule has 0 fully saturated rings. The molecule has 1 amide bonds. The van der Waals surface area contributed by atoms with Crippen LogP contribution in [0.2, 0.25) is 0 Å². The highest BCUT2D eigenvalue weighted by atomic mass is 32.1. The number of fused-ring (bicyclic) bond motifs is 1. The van der Waals surface area contributed by atoms with Gasteiger partial charge in [-0.2, -0.15) is 5.06 Å². The lowest BCUT2D eigenvalue weighted by atomic mass is 10.3. The highest BCUT2D eigenvalue weighted by Crippen LogP contribution is 2.27. The molecule has 3 N–H and O–H groups in total. The van der Waals surface area contributed by atoms with E-state index in [1.165, 1.54) is 23.5 Å². The van der Waals surface area contributed by atoms with Gasteiger partial charge in [0.05, 0.1) is 17.3 Å². The fraction of sp³-hybridized carbons (Fsp3) is 0.333. The van der Waals surface area contributed by atoms with Crippen molar-refractivity contribution >= 4 is 38.3 Å². The van der Waals surface area contributed by atoms with E-state index < -0.39 is 6.04 Å². The number of nitrogen functional groups attached to an aromatic ring is 1. The number of carbonyl (C=O) groups excluding carboxylic acids is 1. The average molecular weight is 280 g/mol. The van der Waals surface area contributed by atoms with Crippen LogP contribution in [0, 0.1) is 0 Å². The van der Waals surface area contributed by atoms with Gasteiger partial charge < -0.3 is 15.9 Å². The Morgan fingerprint density at radius 3 is 3.00 bits per heavy atom. The van der Waals surface area contributed by atoms with E-state index in [0.717, 1.165) is 10.2 Å². The number of nitrogens with one attached hydrogen (secondary N) is 1. The third-order valence-corrected chi connectivity index (χ3v) is 3.79. The number of amides is 1. The average Bonchev–Trinajstić information content (AvgIpc) is 2.77. The first-order valence-corrected chi connectivity index (χ1v) is 6.57. The zero-order valence-electron chi connectivity index (χ0n) is 11.0. The lowest BCUT2D eigenvalue weighted by Crippen LogP contribution is -2.38. The Kier molecular flexibility index (Phi) is 3.98. The number of nitrogens with two attached hydrogens (primary N) is 1. The van der Waals surface area contributed by atoms with E-state index in [1.54, 1.807) is 20.0 Å². The number of benzene rings is 1. The molecule has 19 heavy (non-hydrogen) atoms. The van der Waals surface area contributed by atoms with E-state index in [-0.39, 0.29) is 5.91 Å². The summed E-state index contributed by atoms with van der Waals surface area (Å²) in [6.07, 6.45) is 0. The fourth-order valence-corrected chi connectivity index (χ4v) is 2.44. The smallest absolute Gasteiger partial charge is 0.245 e. The van der Waals surface area contributed by atoms with Crippen LogP contribution in [0.1, 0.15) is 6.92 Å². The van der Waals surface area contributed by atoms with Crippen molar-refractivity contribution in [3.63, 3.8) is 0 Å². The second-order valence-electron chi connectivity index (χ2n) is 4.14. The molecule has 1 aromatic heterocycles. The second-order valence-corrected chi connectivity index (χ2v) is 5.17. The van der Waals surface area contributed by atoms with Gasteiger partial charge in [-0.3, -0.25) is 4.79 Å². The van der Waals surface area contributed by atoms with Crippen molar-refractivity contribution in [2.24, 2.45) is 0 Å². The van der Waals surface area contributed by atoms with Gasteiger partial charge in [0.15, 0.2) is 5.13 Å². The maximum absolute atomic E-state index is 12.0. The molecule has 6 nitrogen and oxygen atoms in total. The molecular formula is C12H16N4O2S. The molecule has 1 atom stereocenters. The van der Waals surface area contributed by atoms with Crippen LogP contribution in [0.4, 0.5) is 10.8 Å². The summed E-state index contributed by atoms with van der Waals surface area (Å²) in [5.41, 5.74) is 7.21. The molecule has 0 bridgehead atoms. The van der Waals surface area contributed by atoms with Gasteiger partial charge in [-0.15, -0.1) is 0 Å². The number of hydrogen-bond acceptors (Lipinski definition) is 6. The number of rotatable bonds is 4. The summed E-state index contributed by atoms with van der Waals surface area (Å²) in [7, 11) is 3.22. The van der Waals surface area contributed by atoms with Crippen LogP contribution in [0.15, 0.2) is 18.2 Å². The van der Waals surface area contributed by atoms with Crippen LogP contribution in [0.25, 0.3) is 10.2 Å². The van der Waals surface area contributed by atoms with Gasteiger partial charge in [-0.25, -0.2) is 4.98 Å². The molecule has 0 radical (unpaired) electrons. The zero-order chi connectivity index (χ0) is 14.0. The molecule has 0 aliphatic rings. The number of likely N-dealkylation sites (N-methyl/N-ethyl adjacent to an activating group) is 1. The monoisotopic (exact) mass is 280 g/mol. The van der Waals surface area contributed by atoms with Crippen LogP contribution in [-0.4, -0.2) is 36.2 Å². The Bertz CT molecular complexity index is 598. The summed E-state index contributed by atoms with van der Waals surface area (Å²) in [5, 5.41) is 4.80.